The number of nitrogens with zero attached hydrogens (tertiary/aromatic N) is 2. The third kappa shape index (κ3) is 4.24. The summed E-state index contributed by atoms with van der Waals surface area (Å²) in [5.74, 6) is -1.53. The lowest BCUT2D eigenvalue weighted by molar-refractivity contribution is -0.0498. The number of fused-ring (bicyclic) bond motifs is 1. The molecule has 0 bridgehead atoms. The van der Waals surface area contributed by atoms with E-state index in [9.17, 15) is 26.8 Å². The van der Waals surface area contributed by atoms with Gasteiger partial charge in [0.05, 0.1) is 51.9 Å². The topological polar surface area (TPSA) is 115 Å². The molecule has 176 valence electrons. The van der Waals surface area contributed by atoms with Crippen molar-refractivity contribution in [3.63, 3.8) is 0 Å². The molecule has 0 aliphatic carbocycles. The number of imide groups is 1. The molecule has 4 rings (SSSR count). The number of carbonyl (C=O) groups is 2. The van der Waals surface area contributed by atoms with Crippen molar-refractivity contribution in [1.82, 2.24) is 4.98 Å². The predicted octanol–water partition coefficient (Wildman–Crippen LogP) is 3.95. The molecular weight excluding hydrogens is 496 g/mol. The maximum absolute atomic E-state index is 13.2. The summed E-state index contributed by atoms with van der Waals surface area (Å²) >= 11 is 6.17. The van der Waals surface area contributed by atoms with Crippen LogP contribution in [-0.4, -0.2) is 38.9 Å². The third-order valence-corrected chi connectivity index (χ3v) is 6.48. The van der Waals surface area contributed by atoms with Crippen molar-refractivity contribution in [1.29, 1.82) is 0 Å². The second-order valence-corrected chi connectivity index (χ2v) is 8.92. The minimum Gasteiger partial charge on any atom is -0.495 e. The molecule has 0 atom stereocenters. The van der Waals surface area contributed by atoms with Crippen molar-refractivity contribution in [2.45, 2.75) is 11.5 Å². The van der Waals surface area contributed by atoms with Crippen molar-refractivity contribution < 1.29 is 36.3 Å². The van der Waals surface area contributed by atoms with Gasteiger partial charge in [0, 0.05) is 6.07 Å². The standard InChI is InChI=1S/C21H14ClF2N3O6S/c1-32-13-8-11(9-25-10-13)27-19(28)17-15(22)6-7-16(18(17)20(27)29)26-34(30,31)14-4-2-12(3-5-14)33-21(23)24/h2-10,21,26H,1H3. The second kappa shape index (κ2) is 8.88. The fourth-order valence-electron chi connectivity index (χ4n) is 3.29. The van der Waals surface area contributed by atoms with Crippen LogP contribution in [0.25, 0.3) is 0 Å². The molecule has 34 heavy (non-hydrogen) atoms. The number of amides is 2. The third-order valence-electron chi connectivity index (χ3n) is 4.78. The Morgan fingerprint density at radius 1 is 1.00 bits per heavy atom. The Labute approximate surface area is 196 Å². The Kier molecular flexibility index (Phi) is 6.11. The molecule has 2 aromatic carbocycles. The van der Waals surface area contributed by atoms with E-state index >= 15 is 0 Å². The van der Waals surface area contributed by atoms with Gasteiger partial charge in [-0.05, 0) is 36.4 Å². The van der Waals surface area contributed by atoms with Crippen LogP contribution in [0.2, 0.25) is 5.02 Å². The van der Waals surface area contributed by atoms with Crippen LogP contribution in [0.1, 0.15) is 20.7 Å². The number of aromatic nitrogens is 1. The minimum atomic E-state index is -4.28. The first-order valence-corrected chi connectivity index (χ1v) is 11.3. The number of carbonyl (C=O) groups excluding carboxylic acids is 2. The molecule has 1 aliphatic heterocycles. The van der Waals surface area contributed by atoms with E-state index in [1.807, 2.05) is 0 Å². The van der Waals surface area contributed by atoms with Gasteiger partial charge >= 0.3 is 6.61 Å². The Morgan fingerprint density at radius 3 is 2.32 bits per heavy atom. The first-order chi connectivity index (χ1) is 16.1. The summed E-state index contributed by atoms with van der Waals surface area (Å²) in [5.41, 5.74) is -0.522. The SMILES string of the molecule is COc1cncc(N2C(=O)c3c(Cl)ccc(NS(=O)(=O)c4ccc(OC(F)F)cc4)c3C2=O)c1. The summed E-state index contributed by atoms with van der Waals surface area (Å²) in [5, 5.41) is -0.0526. The molecule has 0 saturated carbocycles. The molecule has 0 fully saturated rings. The zero-order valence-corrected chi connectivity index (χ0v) is 18.7. The Balaban J connectivity index is 1.71. The molecule has 2 amide bonds. The fourth-order valence-corrected chi connectivity index (χ4v) is 4.60. The van der Waals surface area contributed by atoms with E-state index in [4.69, 9.17) is 16.3 Å². The maximum atomic E-state index is 13.2. The number of halogens is 3. The highest BCUT2D eigenvalue weighted by molar-refractivity contribution is 7.92. The summed E-state index contributed by atoms with van der Waals surface area (Å²) in [7, 11) is -2.89. The number of hydrogen-bond acceptors (Lipinski definition) is 7. The minimum absolute atomic E-state index is 0.0526. The quantitative estimate of drug-likeness (QED) is 0.479. The first kappa shape index (κ1) is 23.4. The number of sulfonamides is 1. The van der Waals surface area contributed by atoms with Gasteiger partial charge in [0.25, 0.3) is 21.8 Å². The fraction of sp³-hybridized carbons (Fsp3) is 0.0952. The van der Waals surface area contributed by atoms with Gasteiger partial charge in [-0.2, -0.15) is 8.78 Å². The van der Waals surface area contributed by atoms with Crippen LogP contribution in [-0.2, 0) is 10.0 Å². The first-order valence-electron chi connectivity index (χ1n) is 9.40. The lowest BCUT2D eigenvalue weighted by Gasteiger charge is -2.14. The molecule has 1 N–H and O–H groups in total. The van der Waals surface area contributed by atoms with Crippen molar-refractivity contribution in [2.75, 3.05) is 16.7 Å². The van der Waals surface area contributed by atoms with Gasteiger partial charge in [0.2, 0.25) is 0 Å². The zero-order valence-electron chi connectivity index (χ0n) is 17.2. The average molecular weight is 510 g/mol. The smallest absolute Gasteiger partial charge is 0.387 e. The molecule has 3 aromatic rings. The summed E-state index contributed by atoms with van der Waals surface area (Å²) in [6.45, 7) is -3.07. The number of methoxy groups -OCH3 is 1. The monoisotopic (exact) mass is 509 g/mol. The van der Waals surface area contributed by atoms with Gasteiger partial charge in [-0.15, -0.1) is 0 Å². The Bertz CT molecular complexity index is 1400. The molecule has 0 unspecified atom stereocenters. The van der Waals surface area contributed by atoms with Crippen molar-refractivity contribution in [3.05, 3.63) is 71.0 Å². The van der Waals surface area contributed by atoms with Crippen LogP contribution in [0.4, 0.5) is 20.2 Å². The van der Waals surface area contributed by atoms with Gasteiger partial charge in [-0.3, -0.25) is 19.3 Å². The van der Waals surface area contributed by atoms with Gasteiger partial charge in [0.1, 0.15) is 11.5 Å². The van der Waals surface area contributed by atoms with E-state index in [1.54, 1.807) is 0 Å². The predicted molar refractivity (Wildman–Crippen MR) is 117 cm³/mol. The Hall–Kier alpha value is -3.77. The number of alkyl halides is 2. The van der Waals surface area contributed by atoms with Crippen LogP contribution in [0.3, 0.4) is 0 Å². The molecule has 0 saturated heterocycles. The Morgan fingerprint density at radius 2 is 1.68 bits per heavy atom. The lowest BCUT2D eigenvalue weighted by Crippen LogP contribution is -2.29. The summed E-state index contributed by atoms with van der Waals surface area (Å²) in [4.78, 5) is 30.7. The number of anilines is 2. The van der Waals surface area contributed by atoms with Gasteiger partial charge in [0.15, 0.2) is 0 Å². The van der Waals surface area contributed by atoms with Crippen molar-refractivity contribution >= 4 is 44.8 Å². The highest BCUT2D eigenvalue weighted by atomic mass is 35.5. The van der Waals surface area contributed by atoms with E-state index in [2.05, 4.69) is 14.4 Å². The van der Waals surface area contributed by atoms with E-state index < -0.39 is 28.4 Å². The molecule has 0 spiro atoms. The molecule has 13 heteroatoms. The van der Waals surface area contributed by atoms with Gasteiger partial charge in [-0.25, -0.2) is 13.3 Å². The van der Waals surface area contributed by atoms with Crippen LogP contribution >= 0.6 is 11.6 Å². The average Bonchev–Trinajstić information content (AvgIpc) is 3.07. The number of hydrogen-bond donors (Lipinski definition) is 1. The normalized spacial score (nSPS) is 13.3. The molecular formula is C21H14ClF2N3O6S. The summed E-state index contributed by atoms with van der Waals surface area (Å²) in [6, 6.07) is 8.14. The second-order valence-electron chi connectivity index (χ2n) is 6.83. The number of ether oxygens (including phenoxy) is 2. The largest absolute Gasteiger partial charge is 0.495 e. The highest BCUT2D eigenvalue weighted by Crippen LogP contribution is 2.38. The maximum Gasteiger partial charge on any atom is 0.387 e. The van der Waals surface area contributed by atoms with E-state index in [-0.39, 0.29) is 38.2 Å². The van der Waals surface area contributed by atoms with E-state index in [0.29, 0.717) is 5.75 Å². The molecule has 9 nitrogen and oxygen atoms in total. The zero-order chi connectivity index (χ0) is 24.6. The van der Waals surface area contributed by atoms with E-state index in [0.717, 1.165) is 29.2 Å². The van der Waals surface area contributed by atoms with Gasteiger partial charge < -0.3 is 9.47 Å². The summed E-state index contributed by atoms with van der Waals surface area (Å²) in [6.07, 6.45) is 2.65. The van der Waals surface area contributed by atoms with Crippen molar-refractivity contribution in [3.8, 4) is 11.5 Å². The lowest BCUT2D eigenvalue weighted by atomic mass is 10.1. The van der Waals surface area contributed by atoms with Crippen LogP contribution in [0.5, 0.6) is 11.5 Å². The number of pyridine rings is 1. The van der Waals surface area contributed by atoms with E-state index in [1.165, 1.54) is 37.7 Å². The van der Waals surface area contributed by atoms with Crippen molar-refractivity contribution in [2.24, 2.45) is 0 Å². The molecule has 0 radical (unpaired) electrons. The molecule has 2 heterocycles. The van der Waals surface area contributed by atoms with Crippen LogP contribution < -0.4 is 19.1 Å². The molecule has 1 aliphatic rings. The summed E-state index contributed by atoms with van der Waals surface area (Å²) < 4.78 is 61.9. The van der Waals surface area contributed by atoms with Crippen LogP contribution in [0, 0.1) is 0 Å². The number of rotatable bonds is 7. The highest BCUT2D eigenvalue weighted by Gasteiger charge is 2.41. The number of benzene rings is 2. The van der Waals surface area contributed by atoms with Gasteiger partial charge in [-0.1, -0.05) is 11.6 Å². The van der Waals surface area contributed by atoms with Crippen LogP contribution in [0.15, 0.2) is 59.8 Å². The number of nitrogens with one attached hydrogen (secondary N) is 1. The molecule has 1 aromatic heterocycles.